The van der Waals surface area contributed by atoms with E-state index in [4.69, 9.17) is 16.3 Å². The molecule has 0 unspecified atom stereocenters. The smallest absolute Gasteiger partial charge is 0.407 e. The highest BCUT2D eigenvalue weighted by atomic mass is 79.9. The summed E-state index contributed by atoms with van der Waals surface area (Å²) >= 11 is 9.98. The average molecular weight is 483 g/mol. The zero-order valence-corrected chi connectivity index (χ0v) is 18.8. The molecule has 1 amide bonds. The second-order valence-corrected chi connectivity index (χ2v) is 8.78. The van der Waals surface area contributed by atoms with Crippen LogP contribution < -0.4 is 5.32 Å². The molecule has 0 aliphatic carbocycles. The number of hydrogen-bond acceptors (Lipinski definition) is 3. The summed E-state index contributed by atoms with van der Waals surface area (Å²) in [5.41, 5.74) is 1.22. The fraction of sp³-hybridized carbons (Fsp3) is 0.333. The molecule has 0 fully saturated rings. The van der Waals surface area contributed by atoms with Crippen LogP contribution in [0.25, 0.3) is 22.0 Å². The van der Waals surface area contributed by atoms with Gasteiger partial charge >= 0.3 is 6.09 Å². The number of benzene rings is 2. The van der Waals surface area contributed by atoms with Crippen molar-refractivity contribution in [1.29, 1.82) is 0 Å². The van der Waals surface area contributed by atoms with E-state index in [2.05, 4.69) is 26.3 Å². The van der Waals surface area contributed by atoms with E-state index in [0.29, 0.717) is 41.2 Å². The highest BCUT2D eigenvalue weighted by Crippen LogP contribution is 2.35. The number of rotatable bonds is 5. The van der Waals surface area contributed by atoms with Crippen molar-refractivity contribution < 1.29 is 13.9 Å². The van der Waals surface area contributed by atoms with Gasteiger partial charge in [-0.2, -0.15) is 5.10 Å². The summed E-state index contributed by atoms with van der Waals surface area (Å²) in [5.74, 6) is -0.333. The van der Waals surface area contributed by atoms with E-state index in [1.165, 1.54) is 6.07 Å². The van der Waals surface area contributed by atoms with Crippen molar-refractivity contribution in [3.63, 3.8) is 0 Å². The van der Waals surface area contributed by atoms with Gasteiger partial charge in [0.05, 0.1) is 5.52 Å². The Labute approximate surface area is 182 Å². The van der Waals surface area contributed by atoms with Crippen LogP contribution in [0.3, 0.4) is 0 Å². The lowest BCUT2D eigenvalue weighted by Crippen LogP contribution is -2.33. The van der Waals surface area contributed by atoms with Crippen LogP contribution in [0, 0.1) is 5.82 Å². The van der Waals surface area contributed by atoms with Crippen LogP contribution in [0.5, 0.6) is 0 Å². The summed E-state index contributed by atoms with van der Waals surface area (Å²) in [6, 6.07) is 10.1. The quantitative estimate of drug-likeness (QED) is 0.442. The third-order valence-corrected chi connectivity index (χ3v) is 5.29. The van der Waals surface area contributed by atoms with Crippen molar-refractivity contribution >= 4 is 44.5 Å². The zero-order valence-electron chi connectivity index (χ0n) is 16.4. The van der Waals surface area contributed by atoms with E-state index in [0.717, 1.165) is 9.99 Å². The molecule has 8 heteroatoms. The second kappa shape index (κ2) is 8.71. The lowest BCUT2D eigenvalue weighted by atomic mass is 10.0. The molecule has 0 saturated carbocycles. The monoisotopic (exact) mass is 481 g/mol. The van der Waals surface area contributed by atoms with Crippen molar-refractivity contribution in [2.75, 3.05) is 6.54 Å². The minimum Gasteiger partial charge on any atom is -0.444 e. The van der Waals surface area contributed by atoms with Gasteiger partial charge in [-0.1, -0.05) is 29.8 Å². The second-order valence-electron chi connectivity index (χ2n) is 7.63. The van der Waals surface area contributed by atoms with Gasteiger partial charge in [-0.15, -0.1) is 0 Å². The Kier molecular flexibility index (Phi) is 6.49. The molecule has 1 N–H and O–H groups in total. The Morgan fingerprint density at radius 3 is 2.69 bits per heavy atom. The fourth-order valence-corrected chi connectivity index (χ4v) is 3.73. The number of fused-ring (bicyclic) bond motifs is 1. The van der Waals surface area contributed by atoms with Gasteiger partial charge in [-0.05, 0) is 61.3 Å². The molecule has 29 heavy (non-hydrogen) atoms. The number of nitrogens with zero attached hydrogens (tertiary/aromatic N) is 2. The molecule has 0 aliphatic rings. The number of carbonyl (C=O) groups is 1. The summed E-state index contributed by atoms with van der Waals surface area (Å²) in [4.78, 5) is 11.7. The van der Waals surface area contributed by atoms with Gasteiger partial charge in [0.25, 0.3) is 0 Å². The molecule has 0 bridgehead atoms. The first-order valence-corrected chi connectivity index (χ1v) is 10.4. The van der Waals surface area contributed by atoms with Crippen molar-refractivity contribution in [3.8, 4) is 11.1 Å². The number of hydrogen-bond donors (Lipinski definition) is 1. The summed E-state index contributed by atoms with van der Waals surface area (Å²) in [5, 5.41) is 8.61. The molecule has 0 spiro atoms. The summed E-state index contributed by atoms with van der Waals surface area (Å²) < 4.78 is 22.0. The van der Waals surface area contributed by atoms with Crippen LogP contribution >= 0.6 is 27.5 Å². The summed E-state index contributed by atoms with van der Waals surface area (Å²) in [6.45, 7) is 6.50. The predicted molar refractivity (Wildman–Crippen MR) is 117 cm³/mol. The van der Waals surface area contributed by atoms with E-state index in [9.17, 15) is 9.18 Å². The summed E-state index contributed by atoms with van der Waals surface area (Å²) in [7, 11) is 0. The largest absolute Gasteiger partial charge is 0.444 e. The number of halogens is 3. The molecule has 5 nitrogen and oxygen atoms in total. The number of ether oxygens (including phenoxy) is 1. The molecular formula is C21H22BrClFN3O2. The Balaban J connectivity index is 1.73. The van der Waals surface area contributed by atoms with Gasteiger partial charge in [-0.3, -0.25) is 4.68 Å². The Morgan fingerprint density at radius 1 is 1.28 bits per heavy atom. The number of nitrogens with one attached hydrogen (secondary N) is 1. The van der Waals surface area contributed by atoms with Gasteiger partial charge in [-0.25, -0.2) is 9.18 Å². The van der Waals surface area contributed by atoms with Crippen LogP contribution in [-0.4, -0.2) is 28.0 Å². The van der Waals surface area contributed by atoms with Crippen molar-refractivity contribution in [2.45, 2.75) is 39.3 Å². The number of aromatic nitrogens is 2. The third kappa shape index (κ3) is 5.28. The van der Waals surface area contributed by atoms with Gasteiger partial charge < -0.3 is 10.1 Å². The minimum atomic E-state index is -0.526. The maximum absolute atomic E-state index is 14.2. The van der Waals surface area contributed by atoms with E-state index >= 15 is 0 Å². The molecule has 154 valence electrons. The van der Waals surface area contributed by atoms with Gasteiger partial charge in [0.15, 0.2) is 0 Å². The highest BCUT2D eigenvalue weighted by Gasteiger charge is 2.17. The highest BCUT2D eigenvalue weighted by molar-refractivity contribution is 9.10. The SMILES string of the molecule is CC(C)(C)OC(=O)NCCCn1nc2cc(-c3ccccc3F)c(Cl)cc2c1Br. The van der Waals surface area contributed by atoms with E-state index in [1.54, 1.807) is 35.0 Å². The van der Waals surface area contributed by atoms with Crippen molar-refractivity contribution in [3.05, 3.63) is 51.8 Å². The van der Waals surface area contributed by atoms with E-state index in [1.807, 2.05) is 20.8 Å². The molecule has 0 radical (unpaired) electrons. The first-order chi connectivity index (χ1) is 13.7. The lowest BCUT2D eigenvalue weighted by Gasteiger charge is -2.19. The minimum absolute atomic E-state index is 0.333. The van der Waals surface area contributed by atoms with Crippen molar-refractivity contribution in [2.24, 2.45) is 0 Å². The standard InChI is InChI=1S/C21H22BrClFN3O2/c1-21(2,3)29-20(28)25-9-6-10-27-19(22)15-11-16(23)14(12-18(15)26-27)13-7-4-5-8-17(13)24/h4-5,7-8,11-12H,6,9-10H2,1-3H3,(H,25,28). The number of carbonyl (C=O) groups excluding carboxylic acids is 1. The normalized spacial score (nSPS) is 11.7. The van der Waals surface area contributed by atoms with Crippen LogP contribution in [-0.2, 0) is 11.3 Å². The van der Waals surface area contributed by atoms with Crippen LogP contribution in [0.4, 0.5) is 9.18 Å². The molecule has 3 aromatic rings. The Hall–Kier alpha value is -2.12. The summed E-state index contributed by atoms with van der Waals surface area (Å²) in [6.07, 6.45) is 0.225. The van der Waals surface area contributed by atoms with Crippen molar-refractivity contribution in [1.82, 2.24) is 15.1 Å². The molecular weight excluding hydrogens is 461 g/mol. The van der Waals surface area contributed by atoms with Crippen LogP contribution in [0.15, 0.2) is 41.0 Å². The fourth-order valence-electron chi connectivity index (χ4n) is 2.89. The predicted octanol–water partition coefficient (Wildman–Crippen LogP) is 6.17. The average Bonchev–Trinajstić information content (AvgIpc) is 2.93. The third-order valence-electron chi connectivity index (χ3n) is 4.14. The maximum atomic E-state index is 14.2. The topological polar surface area (TPSA) is 56.1 Å². The molecule has 2 aromatic carbocycles. The first kappa shape index (κ1) is 21.6. The lowest BCUT2D eigenvalue weighted by molar-refractivity contribution is 0.0526. The van der Waals surface area contributed by atoms with Gasteiger partial charge in [0.1, 0.15) is 16.0 Å². The zero-order chi connectivity index (χ0) is 21.2. The number of aryl methyl sites for hydroxylation is 1. The Bertz CT molecular complexity index is 1050. The van der Waals surface area contributed by atoms with E-state index < -0.39 is 11.7 Å². The molecule has 0 aliphatic heterocycles. The van der Waals surface area contributed by atoms with Gasteiger partial charge in [0, 0.05) is 34.6 Å². The van der Waals surface area contributed by atoms with Crippen LogP contribution in [0.2, 0.25) is 5.02 Å². The molecule has 1 heterocycles. The number of amides is 1. The van der Waals surface area contributed by atoms with E-state index in [-0.39, 0.29) is 5.82 Å². The maximum Gasteiger partial charge on any atom is 0.407 e. The molecule has 1 aromatic heterocycles. The molecule has 0 atom stereocenters. The Morgan fingerprint density at radius 2 is 2.00 bits per heavy atom. The van der Waals surface area contributed by atoms with Gasteiger partial charge in [0.2, 0.25) is 0 Å². The molecule has 0 saturated heterocycles. The number of alkyl carbamates (subject to hydrolysis) is 1. The first-order valence-electron chi connectivity index (χ1n) is 9.23. The molecule has 3 rings (SSSR count). The van der Waals surface area contributed by atoms with Crippen LogP contribution in [0.1, 0.15) is 27.2 Å².